The molecule has 1 aromatic heterocycles. The van der Waals surface area contributed by atoms with Crippen LogP contribution in [0.2, 0.25) is 0 Å². The fourth-order valence-electron chi connectivity index (χ4n) is 5.69. The Morgan fingerprint density at radius 2 is 1.52 bits per heavy atom. The molecule has 44 heavy (non-hydrogen) atoms. The van der Waals surface area contributed by atoms with Gasteiger partial charge in [-0.2, -0.15) is 0 Å². The van der Waals surface area contributed by atoms with Gasteiger partial charge in [0.2, 0.25) is 0 Å². The molecule has 0 saturated carbocycles. The number of rotatable bonds is 5. The number of aliphatic hydroxyl groups excluding tert-OH is 1. The molecule has 1 heterocycles. The average molecular weight is 759 g/mol. The third-order valence-electron chi connectivity index (χ3n) is 7.82. The molecule has 0 atom stereocenters. The molecule has 227 valence electrons. The van der Waals surface area contributed by atoms with Gasteiger partial charge < -0.3 is 10.1 Å². The third kappa shape index (κ3) is 8.85. The Bertz CT molecular complexity index is 1750. The summed E-state index contributed by atoms with van der Waals surface area (Å²) in [4.78, 5) is 14.8. The summed E-state index contributed by atoms with van der Waals surface area (Å²) in [5.74, 6) is 0.587. The van der Waals surface area contributed by atoms with Gasteiger partial charge in [-0.05, 0) is 96.2 Å². The topological polar surface area (TPSA) is 50.2 Å². The summed E-state index contributed by atoms with van der Waals surface area (Å²) in [6.45, 7) is 7.39. The van der Waals surface area contributed by atoms with Crippen molar-refractivity contribution in [2.24, 2.45) is 5.92 Å². The number of allylic oxidation sites excluding steroid dienone is 2. The minimum Gasteiger partial charge on any atom is -0.512 e. The number of hydrogen-bond donors (Lipinski definition) is 1. The molecule has 0 aliphatic heterocycles. The first-order valence-corrected chi connectivity index (χ1v) is 15.2. The molecule has 0 saturated heterocycles. The van der Waals surface area contributed by atoms with Gasteiger partial charge in [0, 0.05) is 32.4 Å². The van der Waals surface area contributed by atoms with Crippen LogP contribution in [-0.2, 0) is 57.0 Å². The number of carbonyl (C=O) groups excluding carboxylic acids is 1. The monoisotopic (exact) mass is 759 g/mol. The van der Waals surface area contributed by atoms with Crippen LogP contribution >= 0.6 is 0 Å². The van der Waals surface area contributed by atoms with Crippen molar-refractivity contribution in [2.75, 3.05) is 0 Å². The van der Waals surface area contributed by atoms with Crippen LogP contribution in [0.25, 0.3) is 33.2 Å². The van der Waals surface area contributed by atoms with E-state index in [0.29, 0.717) is 5.92 Å². The zero-order valence-electron chi connectivity index (χ0n) is 26.0. The summed E-state index contributed by atoms with van der Waals surface area (Å²) in [5, 5.41) is 10.8. The Hall–Kier alpha value is -3.85. The molecule has 0 amide bonds. The van der Waals surface area contributed by atoms with Crippen LogP contribution in [0.3, 0.4) is 0 Å². The first-order valence-electron chi connectivity index (χ1n) is 15.2. The number of aryl methyl sites for hydroxylation is 4. The van der Waals surface area contributed by atoms with Crippen molar-refractivity contribution in [1.82, 2.24) is 4.98 Å². The molecule has 0 spiro atoms. The largest absolute Gasteiger partial charge is 0.512 e. The maximum atomic E-state index is 10.0. The second-order valence-corrected chi connectivity index (χ2v) is 12.0. The Morgan fingerprint density at radius 1 is 0.841 bits per heavy atom. The van der Waals surface area contributed by atoms with Gasteiger partial charge >= 0.3 is 0 Å². The predicted molar refractivity (Wildman–Crippen MR) is 178 cm³/mol. The normalized spacial score (nSPS) is 12.6. The van der Waals surface area contributed by atoms with Crippen molar-refractivity contribution in [2.45, 2.75) is 59.8 Å². The summed E-state index contributed by atoms with van der Waals surface area (Å²) in [7, 11) is 0. The van der Waals surface area contributed by atoms with E-state index < -0.39 is 0 Å². The number of pyridine rings is 1. The summed E-state index contributed by atoms with van der Waals surface area (Å²) < 4.78 is 0. The zero-order chi connectivity index (χ0) is 30.3. The molecule has 3 nitrogen and oxygen atoms in total. The number of aromatic nitrogens is 1. The van der Waals surface area contributed by atoms with Gasteiger partial charge in [-0.15, -0.1) is 29.8 Å². The number of nitrogens with zero attached hydrogens (tertiary/aromatic N) is 1. The van der Waals surface area contributed by atoms with Gasteiger partial charge in [0.1, 0.15) is 0 Å². The molecule has 1 N–H and O–H groups in total. The van der Waals surface area contributed by atoms with E-state index in [1.54, 1.807) is 0 Å². The van der Waals surface area contributed by atoms with Gasteiger partial charge in [0.15, 0.2) is 5.78 Å². The summed E-state index contributed by atoms with van der Waals surface area (Å²) in [6.07, 6.45) is 8.51. The van der Waals surface area contributed by atoms with Crippen LogP contribution in [0, 0.1) is 12.0 Å². The molecule has 0 fully saturated rings. The molecule has 4 bridgehead atoms. The van der Waals surface area contributed by atoms with E-state index in [1.165, 1.54) is 69.6 Å². The molecule has 0 unspecified atom stereocenters. The standard InChI is InChI=1S/C35H32N.C5H8O2.Ir/c1-24(2)19-28-11-14-32-23-36-35(22-33(32)20-28)31-17-15-30(16-18-31)34-21-27-8-7-25-3-5-26(6-4-25)9-12-29(34)13-10-27;1-4(6)3-5(2)7;/h3-6,10-11,13-17,20-24H,7-9,12,19H2,1-2H3;3,6H,1-2H3;/q-1;;/b;4-3-;. The molecule has 5 aromatic rings. The number of carbonyl (C=O) groups is 1. The van der Waals surface area contributed by atoms with Crippen LogP contribution < -0.4 is 0 Å². The van der Waals surface area contributed by atoms with E-state index in [1.807, 2.05) is 6.20 Å². The van der Waals surface area contributed by atoms with Crippen LogP contribution in [0.5, 0.6) is 0 Å². The predicted octanol–water partition coefficient (Wildman–Crippen LogP) is 9.49. The fourth-order valence-corrected chi connectivity index (χ4v) is 5.69. The maximum Gasteiger partial charge on any atom is 0.155 e. The van der Waals surface area contributed by atoms with Crippen LogP contribution in [-0.4, -0.2) is 15.9 Å². The first kappa shape index (κ1) is 33.1. The van der Waals surface area contributed by atoms with Crippen molar-refractivity contribution >= 4 is 16.6 Å². The van der Waals surface area contributed by atoms with Crippen LogP contribution in [0.15, 0.2) is 103 Å². The summed E-state index contributed by atoms with van der Waals surface area (Å²) in [5.41, 5.74) is 11.6. The van der Waals surface area contributed by atoms with E-state index in [9.17, 15) is 4.79 Å². The zero-order valence-corrected chi connectivity index (χ0v) is 28.4. The molecular weight excluding hydrogens is 719 g/mol. The SMILES string of the molecule is CC(=O)/C=C(/C)O.CC(C)Cc1ccc2cnc(-c3[c-]cc(-c4cc5ccc4CCc4ccc(cc4)CC5)cc3)cc2c1.[Ir]. The van der Waals surface area contributed by atoms with Crippen molar-refractivity contribution in [3.05, 3.63) is 137 Å². The Kier molecular flexibility index (Phi) is 11.4. The van der Waals surface area contributed by atoms with Gasteiger partial charge in [0.05, 0.1) is 5.76 Å². The van der Waals surface area contributed by atoms with E-state index in [2.05, 4.69) is 105 Å². The molecule has 4 aliphatic carbocycles. The van der Waals surface area contributed by atoms with Crippen molar-refractivity contribution in [3.63, 3.8) is 0 Å². The number of benzene rings is 4. The van der Waals surface area contributed by atoms with E-state index in [-0.39, 0.29) is 31.6 Å². The molecular formula is C40H40IrNO2-. The van der Waals surface area contributed by atoms with Gasteiger partial charge in [-0.25, -0.2) is 0 Å². The summed E-state index contributed by atoms with van der Waals surface area (Å²) >= 11 is 0. The van der Waals surface area contributed by atoms with Crippen LogP contribution in [0.1, 0.15) is 55.5 Å². The quantitative estimate of drug-likeness (QED) is 0.110. The Morgan fingerprint density at radius 3 is 2.14 bits per heavy atom. The Balaban J connectivity index is 0.000000497. The number of aliphatic hydroxyl groups is 1. The fraction of sp³-hybridized carbons (Fsp3) is 0.250. The van der Waals surface area contributed by atoms with Crippen molar-refractivity contribution < 1.29 is 30.0 Å². The van der Waals surface area contributed by atoms with Gasteiger partial charge in [0.25, 0.3) is 0 Å². The van der Waals surface area contributed by atoms with E-state index in [4.69, 9.17) is 10.1 Å². The van der Waals surface area contributed by atoms with Crippen molar-refractivity contribution in [3.8, 4) is 22.4 Å². The third-order valence-corrected chi connectivity index (χ3v) is 7.82. The number of hydrogen-bond acceptors (Lipinski definition) is 3. The molecule has 1 radical (unpaired) electrons. The second-order valence-electron chi connectivity index (χ2n) is 12.0. The van der Waals surface area contributed by atoms with E-state index >= 15 is 0 Å². The van der Waals surface area contributed by atoms with Gasteiger partial charge in [-0.1, -0.05) is 91.7 Å². The van der Waals surface area contributed by atoms with E-state index in [0.717, 1.165) is 43.4 Å². The van der Waals surface area contributed by atoms with Gasteiger partial charge in [-0.3, -0.25) is 4.79 Å². The second kappa shape index (κ2) is 15.2. The summed E-state index contributed by atoms with van der Waals surface area (Å²) in [6, 6.07) is 35.3. The number of fused-ring (bicyclic) bond motifs is 1. The first-order chi connectivity index (χ1) is 20.7. The molecule has 4 aliphatic rings. The average Bonchev–Trinajstić information content (AvgIpc) is 2.97. The molecule has 4 aromatic carbocycles. The smallest absolute Gasteiger partial charge is 0.155 e. The number of ketones is 1. The minimum absolute atomic E-state index is 0. The Labute approximate surface area is 275 Å². The van der Waals surface area contributed by atoms with Crippen LogP contribution in [0.4, 0.5) is 0 Å². The molecule has 4 heteroatoms. The minimum atomic E-state index is -0.125. The molecule has 9 rings (SSSR count). The van der Waals surface area contributed by atoms with Crippen molar-refractivity contribution in [1.29, 1.82) is 0 Å². The maximum absolute atomic E-state index is 10.0.